The molecule has 0 saturated carbocycles. The number of aromatic nitrogens is 2. The first-order valence-corrected chi connectivity index (χ1v) is 9.25. The zero-order chi connectivity index (χ0) is 20.1. The molecule has 0 aliphatic heterocycles. The Morgan fingerprint density at radius 3 is 2.21 bits per heavy atom. The topological polar surface area (TPSA) is 70.2 Å². The largest absolute Gasteiger partial charge is 0.378 e. The highest BCUT2D eigenvalue weighted by Crippen LogP contribution is 2.19. The predicted molar refractivity (Wildman–Crippen MR) is 115 cm³/mol. The van der Waals surface area contributed by atoms with E-state index in [2.05, 4.69) is 27.5 Å². The van der Waals surface area contributed by atoms with E-state index >= 15 is 0 Å². The van der Waals surface area contributed by atoms with Crippen LogP contribution in [0.3, 0.4) is 0 Å². The fraction of sp³-hybridized carbons (Fsp3) is 0.227. The van der Waals surface area contributed by atoms with Crippen molar-refractivity contribution in [2.24, 2.45) is 0 Å². The van der Waals surface area contributed by atoms with Crippen molar-refractivity contribution in [2.75, 3.05) is 29.6 Å². The van der Waals surface area contributed by atoms with Gasteiger partial charge in [0, 0.05) is 36.9 Å². The summed E-state index contributed by atoms with van der Waals surface area (Å²) in [5.74, 6) is 0.129. The number of amides is 1. The van der Waals surface area contributed by atoms with Gasteiger partial charge in [-0.2, -0.15) is 0 Å². The summed E-state index contributed by atoms with van der Waals surface area (Å²) in [6.07, 6.45) is 0.962. The molecule has 0 aliphatic rings. The number of carbonyl (C=O) groups excluding carboxylic acids is 1. The van der Waals surface area contributed by atoms with E-state index in [1.807, 2.05) is 74.4 Å². The Morgan fingerprint density at radius 1 is 0.964 bits per heavy atom. The molecule has 0 radical (unpaired) electrons. The number of hydrogen-bond acceptors (Lipinski definition) is 5. The first-order chi connectivity index (χ1) is 13.4. The number of rotatable bonds is 6. The molecule has 0 bridgehead atoms. The number of nitrogens with one attached hydrogen (secondary N) is 2. The van der Waals surface area contributed by atoms with Crippen molar-refractivity contribution >= 4 is 28.9 Å². The third kappa shape index (κ3) is 4.85. The van der Waals surface area contributed by atoms with Crippen molar-refractivity contribution in [3.63, 3.8) is 0 Å². The average molecular weight is 375 g/mol. The molecule has 1 aromatic heterocycles. The molecule has 2 aromatic carbocycles. The predicted octanol–water partition coefficient (Wildman–Crippen LogP) is 4.41. The lowest BCUT2D eigenvalue weighted by molar-refractivity contribution is 0.102. The minimum absolute atomic E-state index is 0.263. The molecule has 6 heteroatoms. The van der Waals surface area contributed by atoms with Gasteiger partial charge in [-0.25, -0.2) is 9.97 Å². The quantitative estimate of drug-likeness (QED) is 0.668. The molecule has 0 atom stereocenters. The van der Waals surface area contributed by atoms with Crippen LogP contribution in [0.4, 0.5) is 23.0 Å². The molecule has 0 spiro atoms. The smallest absolute Gasteiger partial charge is 0.274 e. The van der Waals surface area contributed by atoms with Crippen LogP contribution < -0.4 is 15.5 Å². The zero-order valence-corrected chi connectivity index (χ0v) is 16.7. The van der Waals surface area contributed by atoms with Gasteiger partial charge < -0.3 is 15.5 Å². The molecule has 0 saturated heterocycles. The first kappa shape index (κ1) is 19.4. The van der Waals surface area contributed by atoms with E-state index in [1.54, 1.807) is 6.07 Å². The van der Waals surface area contributed by atoms with E-state index in [1.165, 1.54) is 5.56 Å². The van der Waals surface area contributed by atoms with E-state index in [-0.39, 0.29) is 5.91 Å². The molecule has 1 heterocycles. The molecule has 0 unspecified atom stereocenters. The van der Waals surface area contributed by atoms with E-state index in [0.29, 0.717) is 17.3 Å². The number of carbonyl (C=O) groups is 1. The van der Waals surface area contributed by atoms with Gasteiger partial charge in [-0.1, -0.05) is 19.1 Å². The highest BCUT2D eigenvalue weighted by atomic mass is 16.1. The van der Waals surface area contributed by atoms with Crippen LogP contribution in [0.5, 0.6) is 0 Å². The van der Waals surface area contributed by atoms with Crippen molar-refractivity contribution in [2.45, 2.75) is 20.3 Å². The van der Waals surface area contributed by atoms with E-state index < -0.39 is 0 Å². The summed E-state index contributed by atoms with van der Waals surface area (Å²) in [5, 5.41) is 6.05. The number of hydrogen-bond donors (Lipinski definition) is 2. The van der Waals surface area contributed by atoms with Gasteiger partial charge in [0.1, 0.15) is 5.69 Å². The SMILES string of the molecule is CCc1ccc(NC(=O)c2cc(C)nc(Nc3ccc(N(C)C)cc3)n2)cc1. The summed E-state index contributed by atoms with van der Waals surface area (Å²) in [7, 11) is 3.99. The Bertz CT molecular complexity index is 950. The second kappa shape index (κ2) is 8.52. The Morgan fingerprint density at radius 2 is 1.61 bits per heavy atom. The van der Waals surface area contributed by atoms with Gasteiger partial charge in [0.25, 0.3) is 5.91 Å². The van der Waals surface area contributed by atoms with E-state index in [0.717, 1.165) is 23.5 Å². The van der Waals surface area contributed by atoms with E-state index in [9.17, 15) is 4.79 Å². The molecule has 1 amide bonds. The number of aryl methyl sites for hydroxylation is 2. The molecule has 144 valence electrons. The summed E-state index contributed by atoms with van der Waals surface area (Å²) in [5.41, 5.74) is 4.96. The van der Waals surface area contributed by atoms with Gasteiger partial charge in [0.2, 0.25) is 5.95 Å². The highest BCUT2D eigenvalue weighted by Gasteiger charge is 2.11. The molecule has 3 aromatic rings. The monoisotopic (exact) mass is 375 g/mol. The standard InChI is InChI=1S/C22H25N5O/c1-5-16-6-8-17(9-7-16)24-21(28)20-14-15(2)23-22(26-20)25-18-10-12-19(13-11-18)27(3)4/h6-14H,5H2,1-4H3,(H,24,28)(H,23,25,26). The third-order valence-electron chi connectivity index (χ3n) is 4.35. The van der Waals surface area contributed by atoms with Gasteiger partial charge >= 0.3 is 0 Å². The number of benzene rings is 2. The molecule has 28 heavy (non-hydrogen) atoms. The summed E-state index contributed by atoms with van der Waals surface area (Å²) >= 11 is 0. The van der Waals surface area contributed by atoms with Gasteiger partial charge in [-0.05, 0) is 61.4 Å². The highest BCUT2D eigenvalue weighted by molar-refractivity contribution is 6.03. The van der Waals surface area contributed by atoms with Crippen LogP contribution >= 0.6 is 0 Å². The van der Waals surface area contributed by atoms with Crippen LogP contribution in [-0.4, -0.2) is 30.0 Å². The normalized spacial score (nSPS) is 10.4. The second-order valence-electron chi connectivity index (χ2n) is 6.79. The lowest BCUT2D eigenvalue weighted by atomic mass is 10.1. The van der Waals surface area contributed by atoms with Crippen LogP contribution in [0.2, 0.25) is 0 Å². The fourth-order valence-corrected chi connectivity index (χ4v) is 2.73. The van der Waals surface area contributed by atoms with Crippen LogP contribution in [0.15, 0.2) is 54.6 Å². The maximum absolute atomic E-state index is 12.6. The molecule has 0 fully saturated rings. The number of anilines is 4. The minimum Gasteiger partial charge on any atom is -0.378 e. The summed E-state index contributed by atoms with van der Waals surface area (Å²) in [4.78, 5) is 23.4. The van der Waals surface area contributed by atoms with Crippen molar-refractivity contribution in [3.8, 4) is 0 Å². The lowest BCUT2D eigenvalue weighted by Gasteiger charge is -2.13. The van der Waals surface area contributed by atoms with Crippen molar-refractivity contribution in [1.82, 2.24) is 9.97 Å². The van der Waals surface area contributed by atoms with Crippen LogP contribution in [0.1, 0.15) is 28.7 Å². The average Bonchev–Trinajstić information content (AvgIpc) is 2.68. The summed E-state index contributed by atoms with van der Waals surface area (Å²) in [6.45, 7) is 3.94. The molecule has 3 rings (SSSR count). The molecule has 0 aliphatic carbocycles. The van der Waals surface area contributed by atoms with Crippen LogP contribution in [0, 0.1) is 6.92 Å². The van der Waals surface area contributed by atoms with Crippen molar-refractivity contribution < 1.29 is 4.79 Å². The van der Waals surface area contributed by atoms with E-state index in [4.69, 9.17) is 0 Å². The number of nitrogens with zero attached hydrogens (tertiary/aromatic N) is 3. The first-order valence-electron chi connectivity index (χ1n) is 9.25. The van der Waals surface area contributed by atoms with Crippen molar-refractivity contribution in [3.05, 3.63) is 71.5 Å². The molecular weight excluding hydrogens is 350 g/mol. The lowest BCUT2D eigenvalue weighted by Crippen LogP contribution is -2.15. The maximum Gasteiger partial charge on any atom is 0.274 e. The van der Waals surface area contributed by atoms with Crippen LogP contribution in [0.25, 0.3) is 0 Å². The van der Waals surface area contributed by atoms with Crippen LogP contribution in [-0.2, 0) is 6.42 Å². The van der Waals surface area contributed by atoms with Gasteiger partial charge in [0.05, 0.1) is 0 Å². The van der Waals surface area contributed by atoms with Gasteiger partial charge in [-0.3, -0.25) is 4.79 Å². The Hall–Kier alpha value is -3.41. The molecular formula is C22H25N5O. The third-order valence-corrected chi connectivity index (χ3v) is 4.35. The fourth-order valence-electron chi connectivity index (χ4n) is 2.73. The Balaban J connectivity index is 1.75. The zero-order valence-electron chi connectivity index (χ0n) is 16.7. The molecule has 6 nitrogen and oxygen atoms in total. The maximum atomic E-state index is 12.6. The Kier molecular flexibility index (Phi) is 5.89. The second-order valence-corrected chi connectivity index (χ2v) is 6.79. The minimum atomic E-state index is -0.263. The van der Waals surface area contributed by atoms with Gasteiger partial charge in [0.15, 0.2) is 0 Å². The van der Waals surface area contributed by atoms with Gasteiger partial charge in [-0.15, -0.1) is 0 Å². The summed E-state index contributed by atoms with van der Waals surface area (Å²) < 4.78 is 0. The summed E-state index contributed by atoms with van der Waals surface area (Å²) in [6, 6.07) is 17.4. The molecule has 2 N–H and O–H groups in total. The Labute approximate surface area is 165 Å². The van der Waals surface area contributed by atoms with Crippen molar-refractivity contribution in [1.29, 1.82) is 0 Å².